The Morgan fingerprint density at radius 1 is 1.20 bits per heavy atom. The number of rotatable bonds is 3. The molecule has 2 aromatic rings. The van der Waals surface area contributed by atoms with Gasteiger partial charge in [-0.3, -0.25) is 4.79 Å². The molecule has 2 rings (SSSR count). The van der Waals surface area contributed by atoms with Crippen molar-refractivity contribution in [2.45, 2.75) is 12.8 Å². The number of nitrogens with zero attached hydrogens (tertiary/aromatic N) is 1. The van der Waals surface area contributed by atoms with Gasteiger partial charge in [0.15, 0.2) is 5.78 Å². The van der Waals surface area contributed by atoms with Crippen LogP contribution in [0.25, 0.3) is 0 Å². The van der Waals surface area contributed by atoms with Crippen molar-refractivity contribution in [3.63, 3.8) is 0 Å². The fourth-order valence-electron chi connectivity index (χ4n) is 2.02. The van der Waals surface area contributed by atoms with Crippen molar-refractivity contribution in [3.05, 3.63) is 68.1 Å². The van der Waals surface area contributed by atoms with Gasteiger partial charge in [-0.25, -0.2) is 0 Å². The maximum atomic E-state index is 12.6. The van der Waals surface area contributed by atoms with E-state index in [2.05, 4.69) is 37.9 Å². The zero-order chi connectivity index (χ0) is 14.7. The van der Waals surface area contributed by atoms with Crippen molar-refractivity contribution in [3.8, 4) is 6.07 Å². The standard InChI is InChI=1S/C16H11Br2NO/c1-10-4-2-3-5-12(10)14(9-19)16(20)13-7-6-11(17)8-15(13)18/h2-8,14H,1H3. The summed E-state index contributed by atoms with van der Waals surface area (Å²) in [6, 6.07) is 14.9. The third kappa shape index (κ3) is 3.00. The minimum atomic E-state index is -0.784. The van der Waals surface area contributed by atoms with E-state index in [9.17, 15) is 10.1 Å². The second-order valence-corrected chi connectivity index (χ2v) is 6.18. The zero-order valence-electron chi connectivity index (χ0n) is 10.7. The van der Waals surface area contributed by atoms with Crippen molar-refractivity contribution in [2.75, 3.05) is 0 Å². The molecule has 0 amide bonds. The molecule has 1 atom stereocenters. The molecule has 0 aliphatic carbocycles. The molecule has 100 valence electrons. The average Bonchev–Trinajstić information content (AvgIpc) is 2.41. The van der Waals surface area contributed by atoms with E-state index in [1.54, 1.807) is 18.2 Å². The van der Waals surface area contributed by atoms with Gasteiger partial charge in [0.1, 0.15) is 5.92 Å². The Morgan fingerprint density at radius 3 is 2.50 bits per heavy atom. The summed E-state index contributed by atoms with van der Waals surface area (Å²) in [4.78, 5) is 12.6. The van der Waals surface area contributed by atoms with Gasteiger partial charge in [0.25, 0.3) is 0 Å². The highest BCUT2D eigenvalue weighted by atomic mass is 79.9. The van der Waals surface area contributed by atoms with Crippen molar-refractivity contribution in [1.29, 1.82) is 5.26 Å². The number of nitriles is 1. The lowest BCUT2D eigenvalue weighted by Gasteiger charge is -2.12. The number of ketones is 1. The first-order valence-electron chi connectivity index (χ1n) is 5.99. The summed E-state index contributed by atoms with van der Waals surface area (Å²) < 4.78 is 1.57. The molecule has 0 fully saturated rings. The number of benzene rings is 2. The molecule has 0 heterocycles. The maximum Gasteiger partial charge on any atom is 0.185 e. The fourth-order valence-corrected chi connectivity index (χ4v) is 3.27. The highest BCUT2D eigenvalue weighted by molar-refractivity contribution is 9.11. The molecule has 0 aliphatic heterocycles. The summed E-state index contributed by atoms with van der Waals surface area (Å²) in [5.74, 6) is -0.977. The van der Waals surface area contributed by atoms with E-state index >= 15 is 0 Å². The molecule has 0 saturated heterocycles. The van der Waals surface area contributed by atoms with E-state index in [1.165, 1.54) is 0 Å². The maximum absolute atomic E-state index is 12.6. The first kappa shape index (κ1) is 15.0. The fraction of sp³-hybridized carbons (Fsp3) is 0.125. The molecule has 0 aliphatic rings. The Balaban J connectivity index is 2.45. The normalized spacial score (nSPS) is 11.7. The second-order valence-electron chi connectivity index (χ2n) is 4.41. The van der Waals surface area contributed by atoms with Gasteiger partial charge < -0.3 is 0 Å². The lowest BCUT2D eigenvalue weighted by atomic mass is 9.89. The van der Waals surface area contributed by atoms with Gasteiger partial charge >= 0.3 is 0 Å². The van der Waals surface area contributed by atoms with Crippen LogP contribution in [0.15, 0.2) is 51.4 Å². The van der Waals surface area contributed by atoms with Crippen LogP contribution in [-0.2, 0) is 0 Å². The van der Waals surface area contributed by atoms with E-state index in [0.717, 1.165) is 15.6 Å². The van der Waals surface area contributed by atoms with Crippen LogP contribution in [0.4, 0.5) is 0 Å². The molecule has 0 spiro atoms. The lowest BCUT2D eigenvalue weighted by Crippen LogP contribution is -2.13. The topological polar surface area (TPSA) is 40.9 Å². The van der Waals surface area contributed by atoms with Crippen molar-refractivity contribution in [1.82, 2.24) is 0 Å². The first-order chi connectivity index (χ1) is 9.54. The van der Waals surface area contributed by atoms with Crippen LogP contribution in [0.2, 0.25) is 0 Å². The molecule has 0 saturated carbocycles. The Labute approximate surface area is 134 Å². The average molecular weight is 393 g/mol. The van der Waals surface area contributed by atoms with E-state index < -0.39 is 5.92 Å². The van der Waals surface area contributed by atoms with Crippen LogP contribution >= 0.6 is 31.9 Å². The molecule has 0 N–H and O–H groups in total. The molecule has 2 aromatic carbocycles. The highest BCUT2D eigenvalue weighted by Crippen LogP contribution is 2.28. The molecular weight excluding hydrogens is 382 g/mol. The summed E-state index contributed by atoms with van der Waals surface area (Å²) in [6.45, 7) is 1.91. The lowest BCUT2D eigenvalue weighted by molar-refractivity contribution is 0.0978. The van der Waals surface area contributed by atoms with Crippen LogP contribution in [-0.4, -0.2) is 5.78 Å². The summed E-state index contributed by atoms with van der Waals surface area (Å²) in [6.07, 6.45) is 0. The Kier molecular flexibility index (Phi) is 4.74. The third-order valence-electron chi connectivity index (χ3n) is 3.09. The van der Waals surface area contributed by atoms with Crippen LogP contribution < -0.4 is 0 Å². The van der Waals surface area contributed by atoms with Gasteiger partial charge in [-0.05, 0) is 36.2 Å². The van der Waals surface area contributed by atoms with Gasteiger partial charge in [-0.1, -0.05) is 56.1 Å². The number of carbonyl (C=O) groups excluding carboxylic acids is 1. The minimum Gasteiger partial charge on any atom is -0.292 e. The molecule has 0 aromatic heterocycles. The van der Waals surface area contributed by atoms with Crippen molar-refractivity contribution < 1.29 is 4.79 Å². The number of carbonyl (C=O) groups is 1. The van der Waals surface area contributed by atoms with Crippen LogP contribution in [0.1, 0.15) is 27.4 Å². The molecular formula is C16H11Br2NO. The Morgan fingerprint density at radius 2 is 1.90 bits per heavy atom. The number of aryl methyl sites for hydroxylation is 1. The van der Waals surface area contributed by atoms with Gasteiger partial charge in [0, 0.05) is 14.5 Å². The first-order valence-corrected chi connectivity index (χ1v) is 7.57. The molecule has 4 heteroatoms. The molecule has 20 heavy (non-hydrogen) atoms. The summed E-state index contributed by atoms with van der Waals surface area (Å²) in [5, 5.41) is 9.39. The van der Waals surface area contributed by atoms with Gasteiger partial charge in [0.2, 0.25) is 0 Å². The monoisotopic (exact) mass is 391 g/mol. The van der Waals surface area contributed by atoms with Gasteiger partial charge in [0.05, 0.1) is 6.07 Å². The number of halogens is 2. The van der Waals surface area contributed by atoms with Crippen molar-refractivity contribution in [2.24, 2.45) is 0 Å². The van der Waals surface area contributed by atoms with E-state index in [4.69, 9.17) is 0 Å². The number of hydrogen-bond acceptors (Lipinski definition) is 2. The number of Topliss-reactive ketones (excluding diaryl/α,β-unsaturated/α-hetero) is 1. The smallest absolute Gasteiger partial charge is 0.185 e. The summed E-state index contributed by atoms with van der Waals surface area (Å²) in [5.41, 5.74) is 2.22. The van der Waals surface area contributed by atoms with Gasteiger partial charge in [-0.2, -0.15) is 5.26 Å². The highest BCUT2D eigenvalue weighted by Gasteiger charge is 2.24. The number of hydrogen-bond donors (Lipinski definition) is 0. The van der Waals surface area contributed by atoms with Crippen LogP contribution in [0.5, 0.6) is 0 Å². The second kappa shape index (κ2) is 6.34. The Hall–Kier alpha value is -1.44. The minimum absolute atomic E-state index is 0.193. The third-order valence-corrected chi connectivity index (χ3v) is 4.24. The Bertz CT molecular complexity index is 704. The zero-order valence-corrected chi connectivity index (χ0v) is 13.9. The van der Waals surface area contributed by atoms with Crippen molar-refractivity contribution >= 4 is 37.6 Å². The van der Waals surface area contributed by atoms with E-state index in [-0.39, 0.29) is 5.78 Å². The van der Waals surface area contributed by atoms with E-state index in [1.807, 2.05) is 31.2 Å². The SMILES string of the molecule is Cc1ccccc1C(C#N)C(=O)c1ccc(Br)cc1Br. The predicted octanol–water partition coefficient (Wildman–Crippen LogP) is 5.01. The van der Waals surface area contributed by atoms with Crippen LogP contribution in [0.3, 0.4) is 0 Å². The molecule has 0 radical (unpaired) electrons. The van der Waals surface area contributed by atoms with Crippen LogP contribution in [0, 0.1) is 18.3 Å². The molecule has 0 bridgehead atoms. The van der Waals surface area contributed by atoms with E-state index in [0.29, 0.717) is 10.0 Å². The molecule has 1 unspecified atom stereocenters. The van der Waals surface area contributed by atoms with Gasteiger partial charge in [-0.15, -0.1) is 0 Å². The summed E-state index contributed by atoms with van der Waals surface area (Å²) in [7, 11) is 0. The molecule has 2 nitrogen and oxygen atoms in total. The quantitative estimate of drug-likeness (QED) is 0.688. The predicted molar refractivity (Wildman–Crippen MR) is 85.7 cm³/mol. The largest absolute Gasteiger partial charge is 0.292 e. The summed E-state index contributed by atoms with van der Waals surface area (Å²) >= 11 is 6.73.